The fourth-order valence-electron chi connectivity index (χ4n) is 1.79. The molecule has 0 aliphatic rings. The normalized spacial score (nSPS) is 12.0. The van der Waals surface area contributed by atoms with E-state index in [1.54, 1.807) is 10.9 Å². The van der Waals surface area contributed by atoms with Gasteiger partial charge in [-0.3, -0.25) is 4.68 Å². The second kappa shape index (κ2) is 6.74. The minimum atomic E-state index is -0.195. The van der Waals surface area contributed by atoms with Crippen LogP contribution in [0.15, 0.2) is 12.4 Å². The Labute approximate surface area is 102 Å². The summed E-state index contributed by atoms with van der Waals surface area (Å²) < 4.78 is 1.72. The Morgan fingerprint density at radius 3 is 2.59 bits per heavy atom. The lowest BCUT2D eigenvalue weighted by atomic mass is 9.94. The van der Waals surface area contributed by atoms with Gasteiger partial charge in [0.05, 0.1) is 26.0 Å². The fraction of sp³-hybridized carbons (Fsp3) is 0.750. The van der Waals surface area contributed by atoms with Crippen molar-refractivity contribution in [3.8, 4) is 0 Å². The number of aromatic nitrogens is 2. The minimum absolute atomic E-state index is 0.0963. The smallest absolute Gasteiger partial charge is 0.0640 e. The molecule has 3 N–H and O–H groups in total. The van der Waals surface area contributed by atoms with Gasteiger partial charge in [0.2, 0.25) is 0 Å². The van der Waals surface area contributed by atoms with Crippen molar-refractivity contribution in [1.82, 2.24) is 15.1 Å². The molecule has 1 aromatic rings. The molecule has 0 atom stereocenters. The zero-order valence-corrected chi connectivity index (χ0v) is 10.7. The van der Waals surface area contributed by atoms with Crippen molar-refractivity contribution >= 4 is 0 Å². The molecule has 0 unspecified atom stereocenters. The predicted octanol–water partition coefficient (Wildman–Crippen LogP) is 0.516. The summed E-state index contributed by atoms with van der Waals surface area (Å²) in [7, 11) is 0. The van der Waals surface area contributed by atoms with Crippen molar-refractivity contribution < 1.29 is 10.2 Å². The van der Waals surface area contributed by atoms with Gasteiger partial charge in [-0.2, -0.15) is 5.10 Å². The van der Waals surface area contributed by atoms with Crippen molar-refractivity contribution in [3.63, 3.8) is 0 Å². The third-order valence-electron chi connectivity index (χ3n) is 3.34. The van der Waals surface area contributed by atoms with Gasteiger partial charge in [-0.15, -0.1) is 0 Å². The van der Waals surface area contributed by atoms with Gasteiger partial charge < -0.3 is 15.5 Å². The van der Waals surface area contributed by atoms with E-state index in [1.807, 2.05) is 6.20 Å². The summed E-state index contributed by atoms with van der Waals surface area (Å²) in [5, 5.41) is 25.7. The van der Waals surface area contributed by atoms with E-state index in [0.29, 0.717) is 13.1 Å². The molecule has 0 amide bonds. The van der Waals surface area contributed by atoms with E-state index in [2.05, 4.69) is 24.3 Å². The van der Waals surface area contributed by atoms with Gasteiger partial charge in [0.15, 0.2) is 0 Å². The Bertz CT molecular complexity index is 313. The van der Waals surface area contributed by atoms with Crippen LogP contribution in [0.4, 0.5) is 0 Å². The molecule has 17 heavy (non-hydrogen) atoms. The molecule has 0 aromatic carbocycles. The molecule has 0 fully saturated rings. The first-order valence-corrected chi connectivity index (χ1v) is 6.17. The van der Waals surface area contributed by atoms with Crippen LogP contribution in [0.25, 0.3) is 0 Å². The zero-order valence-electron chi connectivity index (χ0n) is 10.7. The Balaban J connectivity index is 2.53. The van der Waals surface area contributed by atoms with Gasteiger partial charge in [-0.25, -0.2) is 0 Å². The van der Waals surface area contributed by atoms with Crippen LogP contribution in [0.2, 0.25) is 0 Å². The Morgan fingerprint density at radius 1 is 1.35 bits per heavy atom. The Kier molecular flexibility index (Phi) is 5.61. The molecule has 5 nitrogen and oxygen atoms in total. The minimum Gasteiger partial charge on any atom is -0.394 e. The molecule has 1 heterocycles. The van der Waals surface area contributed by atoms with Crippen LogP contribution in [-0.2, 0) is 13.1 Å². The number of hydrogen-bond donors (Lipinski definition) is 3. The molecule has 1 rings (SSSR count). The van der Waals surface area contributed by atoms with E-state index in [4.69, 9.17) is 5.11 Å². The first-order chi connectivity index (χ1) is 8.19. The average Bonchev–Trinajstić information content (AvgIpc) is 2.80. The number of hydrogen-bond acceptors (Lipinski definition) is 4. The van der Waals surface area contributed by atoms with E-state index in [-0.39, 0.29) is 18.8 Å². The maximum absolute atomic E-state index is 9.43. The lowest BCUT2D eigenvalue weighted by Gasteiger charge is -2.30. The van der Waals surface area contributed by atoms with Crippen LogP contribution < -0.4 is 5.32 Å². The van der Waals surface area contributed by atoms with Crippen molar-refractivity contribution in [2.24, 2.45) is 0 Å². The third kappa shape index (κ3) is 3.80. The second-order valence-corrected chi connectivity index (χ2v) is 4.33. The molecule has 0 aliphatic heterocycles. The van der Waals surface area contributed by atoms with Gasteiger partial charge >= 0.3 is 0 Å². The quantitative estimate of drug-likeness (QED) is 0.620. The maximum Gasteiger partial charge on any atom is 0.0640 e. The molecule has 1 aromatic heterocycles. The second-order valence-electron chi connectivity index (χ2n) is 4.33. The maximum atomic E-state index is 9.43. The standard InChI is InChI=1S/C12H23N3O2/c1-3-12(4-2,10-17)13-7-11-8-14-15(9-11)5-6-16/h8-9,13,16-17H,3-7,10H2,1-2H3. The van der Waals surface area contributed by atoms with Gasteiger partial charge in [0.1, 0.15) is 0 Å². The third-order valence-corrected chi connectivity index (χ3v) is 3.34. The number of aliphatic hydroxyl groups is 2. The van der Waals surface area contributed by atoms with Crippen LogP contribution >= 0.6 is 0 Å². The zero-order chi connectivity index (χ0) is 12.7. The molecule has 5 heteroatoms. The molecule has 0 saturated heterocycles. The van der Waals surface area contributed by atoms with Crippen LogP contribution in [0.3, 0.4) is 0 Å². The highest BCUT2D eigenvalue weighted by molar-refractivity contribution is 5.04. The molecule has 0 radical (unpaired) electrons. The lowest BCUT2D eigenvalue weighted by molar-refractivity contribution is 0.149. The molecular formula is C12H23N3O2. The summed E-state index contributed by atoms with van der Waals surface area (Å²) in [5.74, 6) is 0. The van der Waals surface area contributed by atoms with Crippen molar-refractivity contribution in [2.75, 3.05) is 13.2 Å². The Morgan fingerprint density at radius 2 is 2.06 bits per heavy atom. The summed E-state index contributed by atoms with van der Waals surface area (Å²) in [6.45, 7) is 5.59. The predicted molar refractivity (Wildman–Crippen MR) is 66.6 cm³/mol. The number of nitrogens with zero attached hydrogens (tertiary/aromatic N) is 2. The van der Waals surface area contributed by atoms with Crippen LogP contribution in [-0.4, -0.2) is 38.7 Å². The summed E-state index contributed by atoms with van der Waals surface area (Å²) >= 11 is 0. The highest BCUT2D eigenvalue weighted by Gasteiger charge is 2.24. The number of nitrogens with one attached hydrogen (secondary N) is 1. The summed E-state index contributed by atoms with van der Waals surface area (Å²) in [6.07, 6.45) is 5.49. The first-order valence-electron chi connectivity index (χ1n) is 6.17. The van der Waals surface area contributed by atoms with E-state index in [0.717, 1.165) is 18.4 Å². The molecule has 0 saturated carbocycles. The van der Waals surface area contributed by atoms with Crippen LogP contribution in [0.1, 0.15) is 32.3 Å². The van der Waals surface area contributed by atoms with Crippen molar-refractivity contribution in [2.45, 2.75) is 45.3 Å². The topological polar surface area (TPSA) is 70.3 Å². The van der Waals surface area contributed by atoms with E-state index in [1.165, 1.54) is 0 Å². The SMILES string of the molecule is CCC(CC)(CO)NCc1cnn(CCO)c1. The molecular weight excluding hydrogens is 218 g/mol. The molecule has 0 bridgehead atoms. The van der Waals surface area contributed by atoms with E-state index < -0.39 is 0 Å². The lowest BCUT2D eigenvalue weighted by Crippen LogP contribution is -2.46. The largest absolute Gasteiger partial charge is 0.394 e. The highest BCUT2D eigenvalue weighted by atomic mass is 16.3. The van der Waals surface area contributed by atoms with Crippen LogP contribution in [0, 0.1) is 0 Å². The van der Waals surface area contributed by atoms with Gasteiger partial charge in [-0.1, -0.05) is 13.8 Å². The summed E-state index contributed by atoms with van der Waals surface area (Å²) in [5.41, 5.74) is 0.872. The summed E-state index contributed by atoms with van der Waals surface area (Å²) in [6, 6.07) is 0. The van der Waals surface area contributed by atoms with E-state index in [9.17, 15) is 5.11 Å². The van der Waals surface area contributed by atoms with E-state index >= 15 is 0 Å². The molecule has 0 spiro atoms. The fourth-order valence-corrected chi connectivity index (χ4v) is 1.79. The van der Waals surface area contributed by atoms with Gasteiger partial charge in [0, 0.05) is 23.8 Å². The van der Waals surface area contributed by atoms with Crippen LogP contribution in [0.5, 0.6) is 0 Å². The molecule has 98 valence electrons. The van der Waals surface area contributed by atoms with Gasteiger partial charge in [-0.05, 0) is 12.8 Å². The van der Waals surface area contributed by atoms with Gasteiger partial charge in [0.25, 0.3) is 0 Å². The average molecular weight is 241 g/mol. The number of rotatable bonds is 8. The van der Waals surface area contributed by atoms with Crippen molar-refractivity contribution in [3.05, 3.63) is 18.0 Å². The van der Waals surface area contributed by atoms with Crippen molar-refractivity contribution in [1.29, 1.82) is 0 Å². The first kappa shape index (κ1) is 14.2. The Hall–Kier alpha value is -0.910. The summed E-state index contributed by atoms with van der Waals surface area (Å²) in [4.78, 5) is 0. The highest BCUT2D eigenvalue weighted by Crippen LogP contribution is 2.15. The monoisotopic (exact) mass is 241 g/mol. The number of aliphatic hydroxyl groups excluding tert-OH is 2. The molecule has 0 aliphatic carbocycles.